The number of ether oxygens (including phenoxy) is 2. The first-order chi connectivity index (χ1) is 15.3. The summed E-state index contributed by atoms with van der Waals surface area (Å²) in [7, 11) is -0.618. The molecule has 1 amide bonds. The molecule has 0 heterocycles. The first-order valence-corrected chi connectivity index (χ1v) is 12.1. The minimum absolute atomic E-state index is 0.0898. The van der Waals surface area contributed by atoms with E-state index in [1.807, 2.05) is 31.2 Å². The van der Waals surface area contributed by atoms with Crippen molar-refractivity contribution >= 4 is 39.1 Å². The van der Waals surface area contributed by atoms with E-state index in [-0.39, 0.29) is 16.1 Å². The van der Waals surface area contributed by atoms with E-state index in [9.17, 15) is 13.2 Å². The van der Waals surface area contributed by atoms with Crippen LogP contribution in [-0.4, -0.2) is 33.8 Å². The molecule has 0 aromatic heterocycles. The Morgan fingerprint density at radius 2 is 1.31 bits per heavy atom. The summed E-state index contributed by atoms with van der Waals surface area (Å²) in [5, 5.41) is 2.47. The molecule has 1 atom stereocenters. The molecule has 0 fully saturated rings. The predicted molar refractivity (Wildman–Crippen MR) is 127 cm³/mol. The quantitative estimate of drug-likeness (QED) is 0.441. The van der Waals surface area contributed by atoms with Gasteiger partial charge in [0.25, 0.3) is 10.0 Å². The largest absolute Gasteiger partial charge is 0.497 e. The molecule has 9 heteroatoms. The van der Waals surface area contributed by atoms with Crippen molar-refractivity contribution in [2.75, 3.05) is 24.3 Å². The van der Waals surface area contributed by atoms with Crippen LogP contribution in [0.2, 0.25) is 0 Å². The van der Waals surface area contributed by atoms with Crippen LogP contribution in [-0.2, 0) is 14.8 Å². The fourth-order valence-corrected chi connectivity index (χ4v) is 4.67. The first kappa shape index (κ1) is 23.5. The fourth-order valence-electron chi connectivity index (χ4n) is 2.75. The van der Waals surface area contributed by atoms with Crippen LogP contribution in [0.15, 0.2) is 82.6 Å². The second-order valence-electron chi connectivity index (χ2n) is 6.78. The van der Waals surface area contributed by atoms with Gasteiger partial charge in [-0.2, -0.15) is 0 Å². The molecule has 0 spiro atoms. The number of benzene rings is 3. The van der Waals surface area contributed by atoms with E-state index in [0.717, 1.165) is 10.6 Å². The highest BCUT2D eigenvalue weighted by molar-refractivity contribution is 8.00. The van der Waals surface area contributed by atoms with Crippen LogP contribution in [0.4, 0.5) is 11.4 Å². The highest BCUT2D eigenvalue weighted by atomic mass is 32.2. The van der Waals surface area contributed by atoms with Gasteiger partial charge in [-0.1, -0.05) is 0 Å². The van der Waals surface area contributed by atoms with Crippen LogP contribution in [0.25, 0.3) is 0 Å². The van der Waals surface area contributed by atoms with Crippen molar-refractivity contribution in [1.29, 1.82) is 0 Å². The van der Waals surface area contributed by atoms with Crippen LogP contribution in [0.3, 0.4) is 0 Å². The van der Waals surface area contributed by atoms with Crippen molar-refractivity contribution in [3.63, 3.8) is 0 Å². The van der Waals surface area contributed by atoms with E-state index < -0.39 is 10.0 Å². The summed E-state index contributed by atoms with van der Waals surface area (Å²) in [6.07, 6.45) is 0. The second kappa shape index (κ2) is 10.4. The molecule has 0 aliphatic rings. The third-order valence-electron chi connectivity index (χ3n) is 4.52. The molecule has 32 heavy (non-hydrogen) atoms. The summed E-state index contributed by atoms with van der Waals surface area (Å²) < 4.78 is 37.9. The van der Waals surface area contributed by atoms with Gasteiger partial charge in [0.1, 0.15) is 11.5 Å². The lowest BCUT2D eigenvalue weighted by Gasteiger charge is -2.13. The Hall–Kier alpha value is -3.17. The molecule has 0 unspecified atom stereocenters. The summed E-state index contributed by atoms with van der Waals surface area (Å²) in [5.41, 5.74) is 0.938. The van der Waals surface area contributed by atoms with Gasteiger partial charge in [-0.05, 0) is 79.7 Å². The number of hydrogen-bond acceptors (Lipinski definition) is 6. The fraction of sp³-hybridized carbons (Fsp3) is 0.174. The van der Waals surface area contributed by atoms with Gasteiger partial charge in [-0.3, -0.25) is 9.52 Å². The minimum atomic E-state index is -3.76. The van der Waals surface area contributed by atoms with Crippen LogP contribution >= 0.6 is 11.8 Å². The van der Waals surface area contributed by atoms with Gasteiger partial charge < -0.3 is 14.8 Å². The average molecular weight is 473 g/mol. The summed E-state index contributed by atoms with van der Waals surface area (Å²) in [4.78, 5) is 13.6. The molecular formula is C23H24N2O5S2. The second-order valence-corrected chi connectivity index (χ2v) is 9.88. The lowest BCUT2D eigenvalue weighted by molar-refractivity contribution is -0.115. The lowest BCUT2D eigenvalue weighted by atomic mass is 10.3. The van der Waals surface area contributed by atoms with Crippen LogP contribution < -0.4 is 19.5 Å². The molecule has 0 radical (unpaired) electrons. The zero-order chi connectivity index (χ0) is 23.1. The maximum atomic E-state index is 12.6. The molecule has 168 valence electrons. The smallest absolute Gasteiger partial charge is 0.261 e. The van der Waals surface area contributed by atoms with E-state index in [1.54, 1.807) is 43.5 Å². The zero-order valence-electron chi connectivity index (χ0n) is 17.9. The molecule has 3 aromatic carbocycles. The number of sulfonamides is 1. The van der Waals surface area contributed by atoms with Gasteiger partial charge in [0, 0.05) is 16.3 Å². The molecule has 0 aliphatic heterocycles. The van der Waals surface area contributed by atoms with Crippen molar-refractivity contribution in [3.8, 4) is 11.5 Å². The van der Waals surface area contributed by atoms with Crippen LogP contribution in [0, 0.1) is 0 Å². The van der Waals surface area contributed by atoms with E-state index >= 15 is 0 Å². The monoisotopic (exact) mass is 472 g/mol. The molecule has 2 N–H and O–H groups in total. The Morgan fingerprint density at radius 3 is 1.84 bits per heavy atom. The molecule has 3 rings (SSSR count). The van der Waals surface area contributed by atoms with Gasteiger partial charge >= 0.3 is 0 Å². The van der Waals surface area contributed by atoms with Crippen molar-refractivity contribution in [1.82, 2.24) is 0 Å². The molecule has 0 saturated carbocycles. The number of carbonyl (C=O) groups is 1. The first-order valence-electron chi connectivity index (χ1n) is 9.69. The molecule has 3 aromatic rings. The number of thioether (sulfide) groups is 1. The number of carbonyl (C=O) groups excluding carboxylic acids is 1. The number of anilines is 2. The number of amides is 1. The van der Waals surface area contributed by atoms with Gasteiger partial charge in [0.05, 0.1) is 24.4 Å². The van der Waals surface area contributed by atoms with Crippen molar-refractivity contribution in [2.45, 2.75) is 22.0 Å². The third kappa shape index (κ3) is 6.18. The molecular weight excluding hydrogens is 448 g/mol. The molecule has 7 nitrogen and oxygen atoms in total. The summed E-state index contributed by atoms with van der Waals surface area (Å²) in [5.74, 6) is 1.20. The summed E-state index contributed by atoms with van der Waals surface area (Å²) in [6, 6.07) is 20.1. The number of nitrogens with one attached hydrogen (secondary N) is 2. The third-order valence-corrected chi connectivity index (χ3v) is 7.03. The van der Waals surface area contributed by atoms with Crippen LogP contribution in [0.5, 0.6) is 11.5 Å². The van der Waals surface area contributed by atoms with E-state index in [2.05, 4.69) is 10.0 Å². The Kier molecular flexibility index (Phi) is 7.66. The lowest BCUT2D eigenvalue weighted by Crippen LogP contribution is -2.22. The highest BCUT2D eigenvalue weighted by Crippen LogP contribution is 2.26. The van der Waals surface area contributed by atoms with E-state index in [1.165, 1.54) is 31.0 Å². The summed E-state index contributed by atoms with van der Waals surface area (Å²) in [6.45, 7) is 1.81. The van der Waals surface area contributed by atoms with Gasteiger partial charge in [-0.25, -0.2) is 8.42 Å². The van der Waals surface area contributed by atoms with Crippen molar-refractivity contribution in [3.05, 3.63) is 72.8 Å². The maximum absolute atomic E-state index is 12.6. The Balaban J connectivity index is 1.60. The Labute approximate surface area is 192 Å². The van der Waals surface area contributed by atoms with Gasteiger partial charge in [-0.15, -0.1) is 11.8 Å². The number of methoxy groups -OCH3 is 2. The standard InChI is InChI=1S/C23H24N2O5S2/c1-16(31-21-12-10-20(30-3)11-13-21)23(26)24-17-6-14-22(15-7-17)32(27,28)25-18-4-8-19(29-2)9-5-18/h4-16,25H,1-3H3,(H,24,26)/t16-/m1/s1. The minimum Gasteiger partial charge on any atom is -0.497 e. The SMILES string of the molecule is COc1ccc(NS(=O)(=O)c2ccc(NC(=O)[C@@H](C)Sc3ccc(OC)cc3)cc2)cc1. The van der Waals surface area contributed by atoms with Gasteiger partial charge in [0.2, 0.25) is 5.91 Å². The maximum Gasteiger partial charge on any atom is 0.261 e. The Morgan fingerprint density at radius 1 is 0.812 bits per heavy atom. The van der Waals surface area contributed by atoms with Crippen molar-refractivity contribution in [2.24, 2.45) is 0 Å². The van der Waals surface area contributed by atoms with E-state index in [4.69, 9.17) is 9.47 Å². The number of rotatable bonds is 9. The number of hydrogen-bond donors (Lipinski definition) is 2. The predicted octanol–water partition coefficient (Wildman–Crippen LogP) is 4.62. The Bertz CT molecular complexity index is 1150. The molecule has 0 aliphatic carbocycles. The zero-order valence-corrected chi connectivity index (χ0v) is 19.5. The molecule has 0 bridgehead atoms. The normalized spacial score (nSPS) is 12.0. The average Bonchev–Trinajstić information content (AvgIpc) is 2.80. The summed E-state index contributed by atoms with van der Waals surface area (Å²) >= 11 is 1.42. The topological polar surface area (TPSA) is 93.7 Å². The highest BCUT2D eigenvalue weighted by Gasteiger charge is 2.17. The van der Waals surface area contributed by atoms with E-state index in [0.29, 0.717) is 17.1 Å². The molecule has 0 saturated heterocycles. The van der Waals surface area contributed by atoms with Crippen molar-refractivity contribution < 1.29 is 22.7 Å². The van der Waals surface area contributed by atoms with Gasteiger partial charge in [0.15, 0.2) is 0 Å². The van der Waals surface area contributed by atoms with Crippen LogP contribution in [0.1, 0.15) is 6.92 Å².